The van der Waals surface area contributed by atoms with Crippen LogP contribution in [-0.4, -0.2) is 15.0 Å². The molecule has 0 atom stereocenters. The van der Waals surface area contributed by atoms with Gasteiger partial charge < -0.3 is 0 Å². The van der Waals surface area contributed by atoms with E-state index in [2.05, 4.69) is 6.92 Å². The van der Waals surface area contributed by atoms with E-state index in [4.69, 9.17) is 11.6 Å². The first-order valence-corrected chi connectivity index (χ1v) is 5.29. The summed E-state index contributed by atoms with van der Waals surface area (Å²) in [5.74, 6) is 0.490. The number of imidazole rings is 1. The maximum atomic E-state index is 11.6. The summed E-state index contributed by atoms with van der Waals surface area (Å²) in [4.78, 5) is 11.6. The van der Waals surface area contributed by atoms with E-state index in [0.29, 0.717) is 12.4 Å². The zero-order chi connectivity index (χ0) is 10.4. The highest BCUT2D eigenvalue weighted by Crippen LogP contribution is 1.89. The van der Waals surface area contributed by atoms with Crippen molar-refractivity contribution in [3.63, 3.8) is 0 Å². The van der Waals surface area contributed by atoms with Crippen LogP contribution < -0.4 is 5.69 Å². The van der Waals surface area contributed by atoms with Gasteiger partial charge in [0.25, 0.3) is 0 Å². The minimum absolute atomic E-state index is 0.0473. The normalized spacial score (nSPS) is 11.3. The van der Waals surface area contributed by atoms with E-state index in [-0.39, 0.29) is 5.69 Å². The SMILES string of the molecule is CCCn1ccn(C/C=C/CCl)c1=O. The number of alkyl halides is 1. The summed E-state index contributed by atoms with van der Waals surface area (Å²) >= 11 is 5.48. The molecule has 0 saturated heterocycles. The van der Waals surface area contributed by atoms with Gasteiger partial charge in [-0.05, 0) is 6.42 Å². The minimum atomic E-state index is 0.0473. The highest BCUT2D eigenvalue weighted by atomic mass is 35.5. The van der Waals surface area contributed by atoms with Crippen LogP contribution >= 0.6 is 11.6 Å². The maximum Gasteiger partial charge on any atom is 0.328 e. The first-order valence-electron chi connectivity index (χ1n) is 4.76. The summed E-state index contributed by atoms with van der Waals surface area (Å²) in [7, 11) is 0. The number of hydrogen-bond donors (Lipinski definition) is 0. The number of allylic oxidation sites excluding steroid dienone is 2. The Hall–Kier alpha value is -0.960. The van der Waals surface area contributed by atoms with Gasteiger partial charge in [0.2, 0.25) is 0 Å². The second-order valence-corrected chi connectivity index (χ2v) is 3.36. The molecule has 0 aliphatic carbocycles. The van der Waals surface area contributed by atoms with Crippen LogP contribution in [0.1, 0.15) is 13.3 Å². The number of rotatable bonds is 5. The van der Waals surface area contributed by atoms with Gasteiger partial charge in [-0.2, -0.15) is 0 Å². The van der Waals surface area contributed by atoms with Crippen molar-refractivity contribution in [1.82, 2.24) is 9.13 Å². The van der Waals surface area contributed by atoms with Crippen LogP contribution in [0.2, 0.25) is 0 Å². The largest absolute Gasteiger partial charge is 0.328 e. The molecule has 0 radical (unpaired) electrons. The highest BCUT2D eigenvalue weighted by Gasteiger charge is 1.99. The van der Waals surface area contributed by atoms with Crippen molar-refractivity contribution in [3.8, 4) is 0 Å². The lowest BCUT2D eigenvalue weighted by atomic mass is 10.5. The molecule has 1 aromatic heterocycles. The molecule has 0 N–H and O–H groups in total. The quantitative estimate of drug-likeness (QED) is 0.543. The van der Waals surface area contributed by atoms with Crippen LogP contribution in [-0.2, 0) is 13.1 Å². The zero-order valence-corrected chi connectivity index (χ0v) is 9.07. The van der Waals surface area contributed by atoms with Crippen LogP contribution in [0.5, 0.6) is 0 Å². The van der Waals surface area contributed by atoms with Crippen molar-refractivity contribution in [2.45, 2.75) is 26.4 Å². The van der Waals surface area contributed by atoms with Gasteiger partial charge >= 0.3 is 5.69 Å². The van der Waals surface area contributed by atoms with Crippen LogP contribution in [0.25, 0.3) is 0 Å². The topological polar surface area (TPSA) is 26.9 Å². The fourth-order valence-corrected chi connectivity index (χ4v) is 1.38. The third-order valence-electron chi connectivity index (χ3n) is 1.94. The molecule has 0 fully saturated rings. The Labute approximate surface area is 88.6 Å². The Morgan fingerprint density at radius 1 is 1.36 bits per heavy atom. The van der Waals surface area contributed by atoms with E-state index in [1.165, 1.54) is 0 Å². The lowest BCUT2D eigenvalue weighted by Gasteiger charge is -1.96. The molecule has 78 valence electrons. The number of aromatic nitrogens is 2. The molecule has 0 spiro atoms. The smallest absolute Gasteiger partial charge is 0.299 e. The van der Waals surface area contributed by atoms with Crippen molar-refractivity contribution in [2.24, 2.45) is 0 Å². The molecule has 14 heavy (non-hydrogen) atoms. The highest BCUT2D eigenvalue weighted by molar-refractivity contribution is 6.18. The van der Waals surface area contributed by atoms with Crippen molar-refractivity contribution < 1.29 is 0 Å². The molecule has 0 aliphatic heterocycles. The van der Waals surface area contributed by atoms with Crippen molar-refractivity contribution in [3.05, 3.63) is 35.0 Å². The van der Waals surface area contributed by atoms with E-state index < -0.39 is 0 Å². The van der Waals surface area contributed by atoms with E-state index in [0.717, 1.165) is 13.0 Å². The Bertz CT molecular complexity index is 351. The molecule has 0 aliphatic rings. The van der Waals surface area contributed by atoms with Gasteiger partial charge in [-0.3, -0.25) is 9.13 Å². The molecule has 0 amide bonds. The van der Waals surface area contributed by atoms with E-state index in [1.54, 1.807) is 15.3 Å². The lowest BCUT2D eigenvalue weighted by Crippen LogP contribution is -2.23. The van der Waals surface area contributed by atoms with Crippen molar-refractivity contribution >= 4 is 11.6 Å². The number of halogens is 1. The van der Waals surface area contributed by atoms with Gasteiger partial charge in [0, 0.05) is 31.4 Å². The predicted molar refractivity (Wildman–Crippen MR) is 58.8 cm³/mol. The molecule has 3 nitrogen and oxygen atoms in total. The average molecular weight is 215 g/mol. The monoisotopic (exact) mass is 214 g/mol. The number of aryl methyl sites for hydroxylation is 1. The third kappa shape index (κ3) is 2.77. The standard InChI is InChI=1S/C10H15ClN2O/c1-2-6-12-8-9-13(10(12)14)7-4-3-5-11/h3-4,8-9H,2,5-7H2,1H3/b4-3+. The molecular formula is C10H15ClN2O. The predicted octanol–water partition coefficient (Wildman–Crippen LogP) is 1.85. The van der Waals surface area contributed by atoms with Crippen LogP contribution in [0.3, 0.4) is 0 Å². The van der Waals surface area contributed by atoms with Gasteiger partial charge in [-0.25, -0.2) is 4.79 Å². The first kappa shape index (κ1) is 11.1. The fraction of sp³-hybridized carbons (Fsp3) is 0.500. The molecule has 1 heterocycles. The number of hydrogen-bond acceptors (Lipinski definition) is 1. The molecule has 0 unspecified atom stereocenters. The lowest BCUT2D eigenvalue weighted by molar-refractivity contribution is 0.627. The average Bonchev–Trinajstić information content (AvgIpc) is 2.51. The Morgan fingerprint density at radius 2 is 2.07 bits per heavy atom. The second-order valence-electron chi connectivity index (χ2n) is 3.05. The Balaban J connectivity index is 2.69. The Morgan fingerprint density at radius 3 is 2.71 bits per heavy atom. The molecule has 1 rings (SSSR count). The summed E-state index contributed by atoms with van der Waals surface area (Å²) in [5.41, 5.74) is 0.0473. The second kappa shape index (κ2) is 5.70. The summed E-state index contributed by atoms with van der Waals surface area (Å²) in [6, 6.07) is 0. The van der Waals surface area contributed by atoms with Gasteiger partial charge in [0.1, 0.15) is 0 Å². The molecule has 4 heteroatoms. The summed E-state index contributed by atoms with van der Waals surface area (Å²) in [5, 5.41) is 0. The fourth-order valence-electron chi connectivity index (χ4n) is 1.25. The Kier molecular flexibility index (Phi) is 4.53. The molecule has 0 aromatic carbocycles. The first-order chi connectivity index (χ1) is 6.79. The van der Waals surface area contributed by atoms with Crippen LogP contribution in [0.4, 0.5) is 0 Å². The van der Waals surface area contributed by atoms with Crippen molar-refractivity contribution in [1.29, 1.82) is 0 Å². The minimum Gasteiger partial charge on any atom is -0.299 e. The molecule has 0 saturated carbocycles. The third-order valence-corrected chi connectivity index (χ3v) is 2.12. The van der Waals surface area contributed by atoms with Crippen LogP contribution in [0.15, 0.2) is 29.3 Å². The van der Waals surface area contributed by atoms with Gasteiger partial charge in [-0.15, -0.1) is 11.6 Å². The van der Waals surface area contributed by atoms with Crippen molar-refractivity contribution in [2.75, 3.05) is 5.88 Å². The maximum absolute atomic E-state index is 11.6. The van der Waals surface area contributed by atoms with E-state index >= 15 is 0 Å². The summed E-state index contributed by atoms with van der Waals surface area (Å²) in [6.45, 7) is 3.44. The van der Waals surface area contributed by atoms with E-state index in [9.17, 15) is 4.79 Å². The summed E-state index contributed by atoms with van der Waals surface area (Å²) in [6.07, 6.45) is 8.33. The molecule has 0 bridgehead atoms. The molecule has 1 aromatic rings. The van der Waals surface area contributed by atoms with Gasteiger partial charge in [0.05, 0.1) is 0 Å². The van der Waals surface area contributed by atoms with Gasteiger partial charge in [-0.1, -0.05) is 19.1 Å². The molecular weight excluding hydrogens is 200 g/mol. The van der Waals surface area contributed by atoms with E-state index in [1.807, 2.05) is 18.3 Å². The number of nitrogens with zero attached hydrogens (tertiary/aromatic N) is 2. The van der Waals surface area contributed by atoms with Crippen LogP contribution in [0, 0.1) is 0 Å². The van der Waals surface area contributed by atoms with Gasteiger partial charge in [0.15, 0.2) is 0 Å². The zero-order valence-electron chi connectivity index (χ0n) is 8.32. The summed E-state index contributed by atoms with van der Waals surface area (Å²) < 4.78 is 3.38.